The van der Waals surface area contributed by atoms with Crippen molar-refractivity contribution in [2.45, 2.75) is 38.1 Å². The lowest BCUT2D eigenvalue weighted by Gasteiger charge is -2.05. The Balaban J connectivity index is 2.45. The van der Waals surface area contributed by atoms with E-state index < -0.39 is 10.0 Å². The molecule has 0 saturated heterocycles. The molecular weight excluding hydrogens is 268 g/mol. The minimum atomic E-state index is -3.61. The van der Waals surface area contributed by atoms with Crippen molar-refractivity contribution in [3.8, 4) is 0 Å². The molecule has 0 bridgehead atoms. The smallest absolute Gasteiger partial charge is 0.257 e. The van der Waals surface area contributed by atoms with Crippen LogP contribution >= 0.6 is 0 Å². The van der Waals surface area contributed by atoms with Crippen molar-refractivity contribution in [3.63, 3.8) is 0 Å². The molecule has 0 fully saturated rings. The van der Waals surface area contributed by atoms with Gasteiger partial charge in [0.2, 0.25) is 5.91 Å². The van der Waals surface area contributed by atoms with E-state index in [9.17, 15) is 13.2 Å². The van der Waals surface area contributed by atoms with Crippen LogP contribution in [0.3, 0.4) is 0 Å². The zero-order valence-corrected chi connectivity index (χ0v) is 12.0. The van der Waals surface area contributed by atoms with Gasteiger partial charge >= 0.3 is 0 Å². The topological polar surface area (TPSA) is 104 Å². The minimum Gasteiger partial charge on any atom is -0.356 e. The molecule has 8 heteroatoms. The maximum atomic E-state index is 11.8. The van der Waals surface area contributed by atoms with E-state index in [1.165, 1.54) is 6.20 Å². The number of nitrogens with zero attached hydrogens (tertiary/aromatic N) is 1. The van der Waals surface area contributed by atoms with E-state index in [4.69, 9.17) is 0 Å². The summed E-state index contributed by atoms with van der Waals surface area (Å²) < 4.78 is 26.0. The summed E-state index contributed by atoms with van der Waals surface area (Å²) in [7, 11) is -3.61. The average molecular weight is 288 g/mol. The fourth-order valence-electron chi connectivity index (χ4n) is 1.39. The number of aromatic nitrogens is 2. The number of aryl methyl sites for hydroxylation is 1. The van der Waals surface area contributed by atoms with E-state index >= 15 is 0 Å². The minimum absolute atomic E-state index is 0.0262. The van der Waals surface area contributed by atoms with Crippen LogP contribution in [0, 0.1) is 0 Å². The van der Waals surface area contributed by atoms with Gasteiger partial charge in [0.25, 0.3) is 10.0 Å². The van der Waals surface area contributed by atoms with Crippen LogP contribution in [0.4, 0.5) is 0 Å². The number of hydrogen-bond acceptors (Lipinski definition) is 4. The van der Waals surface area contributed by atoms with Crippen LogP contribution in [0.2, 0.25) is 0 Å². The van der Waals surface area contributed by atoms with Crippen LogP contribution in [0.5, 0.6) is 0 Å². The molecule has 1 heterocycles. The molecule has 1 amide bonds. The number of hydrogen-bond donors (Lipinski definition) is 3. The van der Waals surface area contributed by atoms with Gasteiger partial charge in [0.05, 0.1) is 6.20 Å². The molecule has 1 aromatic rings. The molecule has 0 saturated carbocycles. The van der Waals surface area contributed by atoms with Crippen molar-refractivity contribution in [2.75, 3.05) is 13.1 Å². The van der Waals surface area contributed by atoms with Crippen LogP contribution in [-0.4, -0.2) is 37.4 Å². The molecule has 0 aliphatic carbocycles. The van der Waals surface area contributed by atoms with E-state index in [1.807, 2.05) is 13.8 Å². The first-order valence-corrected chi connectivity index (χ1v) is 7.78. The van der Waals surface area contributed by atoms with Crippen LogP contribution in [0.1, 0.15) is 32.5 Å². The van der Waals surface area contributed by atoms with Gasteiger partial charge in [0, 0.05) is 25.9 Å². The Morgan fingerprint density at radius 2 is 2.11 bits per heavy atom. The maximum absolute atomic E-state index is 11.8. The third-order valence-electron chi connectivity index (χ3n) is 2.45. The fourth-order valence-corrected chi connectivity index (χ4v) is 2.36. The Labute approximate surface area is 113 Å². The Morgan fingerprint density at radius 3 is 2.68 bits per heavy atom. The van der Waals surface area contributed by atoms with Gasteiger partial charge in [-0.15, -0.1) is 0 Å². The molecule has 7 nitrogen and oxygen atoms in total. The first-order chi connectivity index (χ1) is 8.99. The number of amides is 1. The standard InChI is InChI=1S/C11H20N4O3S/c1-3-6-12-10(16)5-7-14-19(17,18)11-8-13-9(4-2)15-11/h8,14H,3-7H2,1-2H3,(H,12,16)(H,13,15). The molecular formula is C11H20N4O3S. The number of carbonyl (C=O) groups is 1. The number of sulfonamides is 1. The van der Waals surface area contributed by atoms with Crippen molar-refractivity contribution >= 4 is 15.9 Å². The lowest BCUT2D eigenvalue weighted by molar-refractivity contribution is -0.120. The average Bonchev–Trinajstić information content (AvgIpc) is 2.85. The third kappa shape index (κ3) is 4.99. The summed E-state index contributed by atoms with van der Waals surface area (Å²) in [6.07, 6.45) is 2.88. The SMILES string of the molecule is CCCNC(=O)CCNS(=O)(=O)c1cnc(CC)[nH]1. The number of rotatable bonds is 8. The van der Waals surface area contributed by atoms with E-state index in [-0.39, 0.29) is 23.9 Å². The molecule has 0 atom stereocenters. The predicted octanol–water partition coefficient (Wildman–Crippen LogP) is 0.167. The number of carbonyl (C=O) groups excluding carboxylic acids is 1. The summed E-state index contributed by atoms with van der Waals surface area (Å²) in [5, 5.41) is 2.70. The van der Waals surface area contributed by atoms with Crippen molar-refractivity contribution in [1.82, 2.24) is 20.0 Å². The summed E-state index contributed by atoms with van der Waals surface area (Å²) in [4.78, 5) is 18.0. The molecule has 3 N–H and O–H groups in total. The summed E-state index contributed by atoms with van der Waals surface area (Å²) >= 11 is 0. The fraction of sp³-hybridized carbons (Fsp3) is 0.636. The van der Waals surface area contributed by atoms with Gasteiger partial charge in [0.1, 0.15) is 5.82 Å². The van der Waals surface area contributed by atoms with Crippen molar-refractivity contribution in [3.05, 3.63) is 12.0 Å². The summed E-state index contributed by atoms with van der Waals surface area (Å²) in [5.74, 6) is 0.449. The quantitative estimate of drug-likeness (QED) is 0.634. The van der Waals surface area contributed by atoms with Gasteiger partial charge in [-0.3, -0.25) is 4.79 Å². The van der Waals surface area contributed by atoms with Crippen molar-refractivity contribution in [2.24, 2.45) is 0 Å². The van der Waals surface area contributed by atoms with Gasteiger partial charge in [-0.1, -0.05) is 13.8 Å². The zero-order valence-electron chi connectivity index (χ0n) is 11.2. The number of nitrogens with one attached hydrogen (secondary N) is 3. The third-order valence-corrected chi connectivity index (χ3v) is 3.82. The predicted molar refractivity (Wildman–Crippen MR) is 71.1 cm³/mol. The second-order valence-corrected chi connectivity index (χ2v) is 5.78. The summed E-state index contributed by atoms with van der Waals surface area (Å²) in [6.45, 7) is 4.50. The van der Waals surface area contributed by atoms with E-state index in [0.717, 1.165) is 6.42 Å². The highest BCUT2D eigenvalue weighted by Gasteiger charge is 2.16. The molecule has 19 heavy (non-hydrogen) atoms. The lowest BCUT2D eigenvalue weighted by atomic mass is 10.4. The normalized spacial score (nSPS) is 11.5. The summed E-state index contributed by atoms with van der Waals surface area (Å²) in [6, 6.07) is 0. The highest BCUT2D eigenvalue weighted by atomic mass is 32.2. The number of aromatic amines is 1. The Morgan fingerprint density at radius 1 is 1.37 bits per heavy atom. The molecule has 0 aliphatic heterocycles. The van der Waals surface area contributed by atoms with Crippen molar-refractivity contribution in [1.29, 1.82) is 0 Å². The second-order valence-electron chi connectivity index (χ2n) is 4.05. The molecule has 0 radical (unpaired) electrons. The van der Waals surface area contributed by atoms with Gasteiger partial charge < -0.3 is 10.3 Å². The molecule has 0 spiro atoms. The second kappa shape index (κ2) is 7.25. The van der Waals surface area contributed by atoms with Crippen LogP contribution < -0.4 is 10.0 Å². The highest BCUT2D eigenvalue weighted by Crippen LogP contribution is 2.05. The Kier molecular flexibility index (Phi) is 5.97. The molecule has 0 aliphatic rings. The molecule has 108 valence electrons. The first-order valence-electron chi connectivity index (χ1n) is 6.29. The largest absolute Gasteiger partial charge is 0.356 e. The Bertz CT molecular complexity index is 510. The number of H-pyrrole nitrogens is 1. The van der Waals surface area contributed by atoms with Gasteiger partial charge in [0.15, 0.2) is 5.03 Å². The molecule has 0 unspecified atom stereocenters. The highest BCUT2D eigenvalue weighted by molar-refractivity contribution is 7.89. The summed E-state index contributed by atoms with van der Waals surface area (Å²) in [5.41, 5.74) is 0. The molecule has 0 aromatic carbocycles. The van der Waals surface area contributed by atoms with Crippen LogP contribution in [0.15, 0.2) is 11.2 Å². The first kappa shape index (κ1) is 15.6. The number of imidazole rings is 1. The monoisotopic (exact) mass is 288 g/mol. The lowest BCUT2D eigenvalue weighted by Crippen LogP contribution is -2.31. The Hall–Kier alpha value is -1.41. The maximum Gasteiger partial charge on any atom is 0.257 e. The van der Waals surface area contributed by atoms with E-state index in [1.54, 1.807) is 0 Å². The van der Waals surface area contributed by atoms with Gasteiger partial charge in [-0.2, -0.15) is 0 Å². The van der Waals surface area contributed by atoms with E-state index in [2.05, 4.69) is 20.0 Å². The van der Waals surface area contributed by atoms with Gasteiger partial charge in [-0.25, -0.2) is 18.1 Å². The molecule has 1 rings (SSSR count). The van der Waals surface area contributed by atoms with Crippen LogP contribution in [0.25, 0.3) is 0 Å². The van der Waals surface area contributed by atoms with Crippen molar-refractivity contribution < 1.29 is 13.2 Å². The van der Waals surface area contributed by atoms with Gasteiger partial charge in [-0.05, 0) is 6.42 Å². The molecule has 1 aromatic heterocycles. The van der Waals surface area contributed by atoms with E-state index in [0.29, 0.717) is 18.8 Å². The zero-order chi connectivity index (χ0) is 14.3. The van der Waals surface area contributed by atoms with Crippen LogP contribution in [-0.2, 0) is 21.2 Å².